The van der Waals surface area contributed by atoms with Crippen LogP contribution in [0.1, 0.15) is 82.6 Å². The van der Waals surface area contributed by atoms with Crippen molar-refractivity contribution < 1.29 is 4.74 Å². The Bertz CT molecular complexity index is 465. The number of ether oxygens (including phenoxy) is 1. The Balaban J connectivity index is 1.51. The van der Waals surface area contributed by atoms with Gasteiger partial charge < -0.3 is 4.74 Å². The van der Waals surface area contributed by atoms with Crippen LogP contribution in [0.3, 0.4) is 0 Å². The molecule has 2 aliphatic carbocycles. The summed E-state index contributed by atoms with van der Waals surface area (Å²) in [4.78, 5) is 0. The summed E-state index contributed by atoms with van der Waals surface area (Å²) >= 11 is 0. The van der Waals surface area contributed by atoms with Crippen LogP contribution in [0, 0.1) is 17.8 Å². The Morgan fingerprint density at radius 2 is 1.48 bits per heavy atom. The second-order valence-corrected chi connectivity index (χ2v) is 7.92. The summed E-state index contributed by atoms with van der Waals surface area (Å²) in [5.74, 6) is 4.89. The molecule has 0 heterocycles. The van der Waals surface area contributed by atoms with Gasteiger partial charge in [-0.05, 0) is 73.8 Å². The molecule has 2 saturated carbocycles. The zero-order chi connectivity index (χ0) is 16.1. The first-order valence-corrected chi connectivity index (χ1v) is 9.94. The molecule has 0 radical (unpaired) electrons. The largest absolute Gasteiger partial charge is 0.496 e. The molecule has 2 fully saturated rings. The fourth-order valence-corrected chi connectivity index (χ4v) is 5.26. The molecule has 0 N–H and O–H groups in total. The van der Waals surface area contributed by atoms with Crippen molar-refractivity contribution in [1.82, 2.24) is 0 Å². The van der Waals surface area contributed by atoms with Crippen LogP contribution in [-0.4, -0.2) is 7.11 Å². The summed E-state index contributed by atoms with van der Waals surface area (Å²) in [6.45, 7) is 2.34. The van der Waals surface area contributed by atoms with Gasteiger partial charge in [0.1, 0.15) is 5.75 Å². The molecule has 1 aromatic carbocycles. The van der Waals surface area contributed by atoms with Crippen LogP contribution in [0.25, 0.3) is 0 Å². The molecule has 1 heteroatoms. The van der Waals surface area contributed by atoms with E-state index in [1.807, 2.05) is 0 Å². The van der Waals surface area contributed by atoms with Crippen molar-refractivity contribution in [2.45, 2.75) is 77.0 Å². The Hall–Kier alpha value is -0.980. The standard InChI is InChI=1S/C22H34O/c1-3-6-17-9-11-18(12-10-17)19-13-15-20(16-14-19)21-7-4-5-8-22(21)23-2/h4-5,7-8,17-20H,3,6,9-16H2,1-2H3. The van der Waals surface area contributed by atoms with Gasteiger partial charge in [0, 0.05) is 0 Å². The smallest absolute Gasteiger partial charge is 0.122 e. The topological polar surface area (TPSA) is 9.23 Å². The molecule has 0 aromatic heterocycles. The van der Waals surface area contributed by atoms with Crippen molar-refractivity contribution in [3.05, 3.63) is 29.8 Å². The first-order valence-electron chi connectivity index (χ1n) is 9.94. The van der Waals surface area contributed by atoms with Crippen molar-refractivity contribution in [2.75, 3.05) is 7.11 Å². The Morgan fingerprint density at radius 3 is 2.09 bits per heavy atom. The van der Waals surface area contributed by atoms with E-state index in [9.17, 15) is 0 Å². The molecular weight excluding hydrogens is 280 g/mol. The van der Waals surface area contributed by atoms with Crippen molar-refractivity contribution in [1.29, 1.82) is 0 Å². The summed E-state index contributed by atoms with van der Waals surface area (Å²) in [6.07, 6.45) is 14.5. The lowest BCUT2D eigenvalue weighted by Crippen LogP contribution is -2.25. The zero-order valence-electron chi connectivity index (χ0n) is 15.1. The Morgan fingerprint density at radius 1 is 0.870 bits per heavy atom. The number of hydrogen-bond acceptors (Lipinski definition) is 1. The van der Waals surface area contributed by atoms with Gasteiger partial charge >= 0.3 is 0 Å². The molecule has 0 bridgehead atoms. The summed E-state index contributed by atoms with van der Waals surface area (Å²) in [5.41, 5.74) is 1.44. The fourth-order valence-electron chi connectivity index (χ4n) is 5.26. The van der Waals surface area contributed by atoms with E-state index >= 15 is 0 Å². The summed E-state index contributed by atoms with van der Waals surface area (Å²) in [6, 6.07) is 8.65. The van der Waals surface area contributed by atoms with Crippen molar-refractivity contribution in [3.63, 3.8) is 0 Å². The molecule has 3 rings (SSSR count). The SMILES string of the molecule is CCCC1CCC(C2CCC(c3ccccc3OC)CC2)CC1. The van der Waals surface area contributed by atoms with Crippen molar-refractivity contribution in [2.24, 2.45) is 17.8 Å². The second kappa shape index (κ2) is 8.22. The summed E-state index contributed by atoms with van der Waals surface area (Å²) in [5, 5.41) is 0. The minimum atomic E-state index is 0.721. The highest BCUT2D eigenvalue weighted by Gasteiger charge is 2.31. The number of hydrogen-bond donors (Lipinski definition) is 0. The molecule has 0 aliphatic heterocycles. The van der Waals surface area contributed by atoms with Crippen LogP contribution < -0.4 is 4.74 Å². The lowest BCUT2D eigenvalue weighted by atomic mass is 9.68. The molecule has 0 unspecified atom stereocenters. The quantitative estimate of drug-likeness (QED) is 0.596. The zero-order valence-corrected chi connectivity index (χ0v) is 15.1. The van der Waals surface area contributed by atoms with Gasteiger partial charge in [0.15, 0.2) is 0 Å². The average molecular weight is 315 g/mol. The summed E-state index contributed by atoms with van der Waals surface area (Å²) < 4.78 is 5.58. The van der Waals surface area contributed by atoms with E-state index in [0.29, 0.717) is 0 Å². The number of benzene rings is 1. The van der Waals surface area contributed by atoms with E-state index in [0.717, 1.165) is 29.4 Å². The van der Waals surface area contributed by atoms with Gasteiger partial charge in [-0.1, -0.05) is 50.8 Å². The minimum Gasteiger partial charge on any atom is -0.496 e. The van der Waals surface area contributed by atoms with Crippen LogP contribution in [0.4, 0.5) is 0 Å². The van der Waals surface area contributed by atoms with Crippen LogP contribution in [0.2, 0.25) is 0 Å². The van der Waals surface area contributed by atoms with E-state index in [-0.39, 0.29) is 0 Å². The predicted molar refractivity (Wildman–Crippen MR) is 98.0 cm³/mol. The van der Waals surface area contributed by atoms with Gasteiger partial charge in [0.05, 0.1) is 7.11 Å². The van der Waals surface area contributed by atoms with E-state index in [2.05, 4.69) is 31.2 Å². The van der Waals surface area contributed by atoms with Crippen LogP contribution in [-0.2, 0) is 0 Å². The lowest BCUT2D eigenvalue weighted by Gasteiger charge is -2.38. The monoisotopic (exact) mass is 314 g/mol. The van der Waals surface area contributed by atoms with Gasteiger partial charge in [0.25, 0.3) is 0 Å². The molecule has 23 heavy (non-hydrogen) atoms. The van der Waals surface area contributed by atoms with E-state index in [1.54, 1.807) is 7.11 Å². The highest BCUT2D eigenvalue weighted by Crippen LogP contribution is 2.45. The normalized spacial score (nSPS) is 31.7. The Kier molecular flexibility index (Phi) is 6.02. The maximum absolute atomic E-state index is 5.58. The third-order valence-corrected chi connectivity index (χ3v) is 6.61. The third kappa shape index (κ3) is 4.11. The van der Waals surface area contributed by atoms with E-state index in [4.69, 9.17) is 4.74 Å². The van der Waals surface area contributed by atoms with Crippen LogP contribution in [0.5, 0.6) is 5.75 Å². The average Bonchev–Trinajstić information content (AvgIpc) is 2.63. The highest BCUT2D eigenvalue weighted by atomic mass is 16.5. The lowest BCUT2D eigenvalue weighted by molar-refractivity contribution is 0.156. The minimum absolute atomic E-state index is 0.721. The molecule has 0 amide bonds. The van der Waals surface area contributed by atoms with Crippen LogP contribution in [0.15, 0.2) is 24.3 Å². The van der Waals surface area contributed by atoms with Crippen LogP contribution >= 0.6 is 0 Å². The predicted octanol–water partition coefficient (Wildman–Crippen LogP) is 6.58. The van der Waals surface area contributed by atoms with Crippen molar-refractivity contribution >= 4 is 0 Å². The third-order valence-electron chi connectivity index (χ3n) is 6.61. The molecule has 0 saturated heterocycles. The number of methoxy groups -OCH3 is 1. The molecular formula is C22H34O. The molecule has 1 nitrogen and oxygen atoms in total. The molecule has 0 atom stereocenters. The first kappa shape index (κ1) is 16.9. The molecule has 1 aromatic rings. The first-order chi connectivity index (χ1) is 11.3. The van der Waals surface area contributed by atoms with Gasteiger partial charge in [0.2, 0.25) is 0 Å². The van der Waals surface area contributed by atoms with E-state index < -0.39 is 0 Å². The van der Waals surface area contributed by atoms with Gasteiger partial charge in [-0.3, -0.25) is 0 Å². The summed E-state index contributed by atoms with van der Waals surface area (Å²) in [7, 11) is 1.80. The van der Waals surface area contributed by atoms with Gasteiger partial charge in [-0.2, -0.15) is 0 Å². The van der Waals surface area contributed by atoms with Gasteiger partial charge in [-0.15, -0.1) is 0 Å². The number of para-hydroxylation sites is 1. The highest BCUT2D eigenvalue weighted by molar-refractivity contribution is 5.36. The van der Waals surface area contributed by atoms with Crippen molar-refractivity contribution in [3.8, 4) is 5.75 Å². The Labute approximate surface area is 142 Å². The van der Waals surface area contributed by atoms with E-state index in [1.165, 1.54) is 69.8 Å². The number of rotatable bonds is 5. The molecule has 0 spiro atoms. The maximum Gasteiger partial charge on any atom is 0.122 e. The fraction of sp³-hybridized carbons (Fsp3) is 0.727. The molecule has 2 aliphatic rings. The van der Waals surface area contributed by atoms with Gasteiger partial charge in [-0.25, -0.2) is 0 Å². The second-order valence-electron chi connectivity index (χ2n) is 7.92. The molecule has 128 valence electrons. The maximum atomic E-state index is 5.58.